The summed E-state index contributed by atoms with van der Waals surface area (Å²) in [6.45, 7) is 0.599. The molecule has 2 nitrogen and oxygen atoms in total. The SMILES string of the molecule is NCCCC(N)c1ccccc1F. The Labute approximate surface area is 77.7 Å². The molecule has 0 aliphatic carbocycles. The molecule has 0 aromatic heterocycles. The van der Waals surface area contributed by atoms with Gasteiger partial charge in [0.1, 0.15) is 5.82 Å². The molecule has 0 aliphatic rings. The van der Waals surface area contributed by atoms with E-state index in [4.69, 9.17) is 11.5 Å². The lowest BCUT2D eigenvalue weighted by molar-refractivity contribution is 0.553. The zero-order chi connectivity index (χ0) is 9.68. The Morgan fingerprint density at radius 1 is 1.31 bits per heavy atom. The first-order valence-corrected chi connectivity index (χ1v) is 4.45. The largest absolute Gasteiger partial charge is 0.330 e. The van der Waals surface area contributed by atoms with Gasteiger partial charge in [-0.2, -0.15) is 0 Å². The van der Waals surface area contributed by atoms with Crippen LogP contribution >= 0.6 is 0 Å². The summed E-state index contributed by atoms with van der Waals surface area (Å²) in [5, 5.41) is 0. The summed E-state index contributed by atoms with van der Waals surface area (Å²) in [5.41, 5.74) is 11.7. The molecule has 4 N–H and O–H groups in total. The van der Waals surface area contributed by atoms with Crippen molar-refractivity contribution in [2.45, 2.75) is 18.9 Å². The molecule has 1 atom stereocenters. The molecule has 3 heteroatoms. The molecule has 0 saturated carbocycles. The Bertz CT molecular complexity index is 263. The third kappa shape index (κ3) is 2.79. The van der Waals surface area contributed by atoms with E-state index in [1.54, 1.807) is 18.2 Å². The average molecular weight is 182 g/mol. The molecule has 0 fully saturated rings. The van der Waals surface area contributed by atoms with Crippen LogP contribution < -0.4 is 11.5 Å². The summed E-state index contributed by atoms with van der Waals surface area (Å²) in [4.78, 5) is 0. The number of halogens is 1. The Morgan fingerprint density at radius 3 is 2.62 bits per heavy atom. The van der Waals surface area contributed by atoms with Crippen molar-refractivity contribution in [2.24, 2.45) is 11.5 Å². The first-order chi connectivity index (χ1) is 6.25. The molecular formula is C10H15FN2. The van der Waals surface area contributed by atoms with Crippen LogP contribution in [0, 0.1) is 5.82 Å². The van der Waals surface area contributed by atoms with Crippen LogP contribution in [0.1, 0.15) is 24.4 Å². The molecule has 0 saturated heterocycles. The van der Waals surface area contributed by atoms with Crippen molar-refractivity contribution >= 4 is 0 Å². The van der Waals surface area contributed by atoms with Gasteiger partial charge in [0, 0.05) is 11.6 Å². The number of rotatable bonds is 4. The molecule has 72 valence electrons. The highest BCUT2D eigenvalue weighted by Crippen LogP contribution is 2.18. The van der Waals surface area contributed by atoms with E-state index in [-0.39, 0.29) is 11.9 Å². The van der Waals surface area contributed by atoms with Gasteiger partial charge in [-0.25, -0.2) is 4.39 Å². The van der Waals surface area contributed by atoms with Gasteiger partial charge < -0.3 is 11.5 Å². The van der Waals surface area contributed by atoms with Gasteiger partial charge in [-0.1, -0.05) is 18.2 Å². The predicted molar refractivity (Wildman–Crippen MR) is 51.6 cm³/mol. The highest BCUT2D eigenvalue weighted by molar-refractivity contribution is 5.20. The minimum Gasteiger partial charge on any atom is -0.330 e. The zero-order valence-electron chi connectivity index (χ0n) is 7.54. The number of hydrogen-bond acceptors (Lipinski definition) is 2. The quantitative estimate of drug-likeness (QED) is 0.742. The van der Waals surface area contributed by atoms with Crippen LogP contribution in [0.25, 0.3) is 0 Å². The molecule has 1 aromatic carbocycles. The maximum absolute atomic E-state index is 13.2. The average Bonchev–Trinajstić information content (AvgIpc) is 2.15. The molecular weight excluding hydrogens is 167 g/mol. The number of nitrogens with two attached hydrogens (primary N) is 2. The van der Waals surface area contributed by atoms with Crippen molar-refractivity contribution in [3.05, 3.63) is 35.6 Å². The lowest BCUT2D eigenvalue weighted by Gasteiger charge is -2.11. The molecule has 1 rings (SSSR count). The van der Waals surface area contributed by atoms with Crippen LogP contribution in [0.5, 0.6) is 0 Å². The van der Waals surface area contributed by atoms with Gasteiger partial charge in [-0.3, -0.25) is 0 Å². The number of hydrogen-bond donors (Lipinski definition) is 2. The van der Waals surface area contributed by atoms with E-state index in [9.17, 15) is 4.39 Å². The molecule has 1 aromatic rings. The smallest absolute Gasteiger partial charge is 0.127 e. The fourth-order valence-electron chi connectivity index (χ4n) is 1.27. The monoisotopic (exact) mass is 182 g/mol. The Morgan fingerprint density at radius 2 is 2.00 bits per heavy atom. The third-order valence-corrected chi connectivity index (χ3v) is 2.02. The van der Waals surface area contributed by atoms with E-state index < -0.39 is 0 Å². The minimum atomic E-state index is -0.232. The van der Waals surface area contributed by atoms with Crippen molar-refractivity contribution in [3.63, 3.8) is 0 Å². The van der Waals surface area contributed by atoms with E-state index >= 15 is 0 Å². The lowest BCUT2D eigenvalue weighted by atomic mass is 10.0. The second-order valence-electron chi connectivity index (χ2n) is 3.06. The van der Waals surface area contributed by atoms with E-state index in [2.05, 4.69) is 0 Å². The molecule has 0 radical (unpaired) electrons. The number of benzene rings is 1. The molecule has 0 spiro atoms. The molecule has 0 bridgehead atoms. The van der Waals surface area contributed by atoms with E-state index in [0.717, 1.165) is 12.8 Å². The summed E-state index contributed by atoms with van der Waals surface area (Å²) in [5.74, 6) is -0.230. The van der Waals surface area contributed by atoms with Crippen LogP contribution in [0.4, 0.5) is 4.39 Å². The highest BCUT2D eigenvalue weighted by atomic mass is 19.1. The van der Waals surface area contributed by atoms with Crippen molar-refractivity contribution in [2.75, 3.05) is 6.54 Å². The normalized spacial score (nSPS) is 12.8. The summed E-state index contributed by atoms with van der Waals surface area (Å²) >= 11 is 0. The van der Waals surface area contributed by atoms with Crippen molar-refractivity contribution in [1.82, 2.24) is 0 Å². The Hall–Kier alpha value is -0.930. The zero-order valence-corrected chi connectivity index (χ0v) is 7.54. The summed E-state index contributed by atoms with van der Waals surface area (Å²) < 4.78 is 13.2. The highest BCUT2D eigenvalue weighted by Gasteiger charge is 2.09. The molecule has 0 aliphatic heterocycles. The fraction of sp³-hybridized carbons (Fsp3) is 0.400. The van der Waals surface area contributed by atoms with Crippen LogP contribution in [0.15, 0.2) is 24.3 Å². The van der Waals surface area contributed by atoms with E-state index in [0.29, 0.717) is 12.1 Å². The van der Waals surface area contributed by atoms with Crippen molar-refractivity contribution in [1.29, 1.82) is 0 Å². The minimum absolute atomic E-state index is 0.230. The topological polar surface area (TPSA) is 52.0 Å². The van der Waals surface area contributed by atoms with Gasteiger partial charge >= 0.3 is 0 Å². The predicted octanol–water partition coefficient (Wildman–Crippen LogP) is 1.56. The van der Waals surface area contributed by atoms with Crippen LogP contribution in [-0.4, -0.2) is 6.54 Å². The first-order valence-electron chi connectivity index (χ1n) is 4.45. The van der Waals surface area contributed by atoms with Crippen LogP contribution in [0.2, 0.25) is 0 Å². The van der Waals surface area contributed by atoms with Crippen LogP contribution in [-0.2, 0) is 0 Å². The van der Waals surface area contributed by atoms with Gasteiger partial charge in [0.05, 0.1) is 0 Å². The second-order valence-corrected chi connectivity index (χ2v) is 3.06. The van der Waals surface area contributed by atoms with E-state index in [1.165, 1.54) is 6.07 Å². The van der Waals surface area contributed by atoms with Gasteiger partial charge in [-0.15, -0.1) is 0 Å². The van der Waals surface area contributed by atoms with Crippen molar-refractivity contribution in [3.8, 4) is 0 Å². The molecule has 0 amide bonds. The van der Waals surface area contributed by atoms with E-state index in [1.807, 2.05) is 0 Å². The third-order valence-electron chi connectivity index (χ3n) is 2.02. The van der Waals surface area contributed by atoms with Crippen LogP contribution in [0.3, 0.4) is 0 Å². The maximum atomic E-state index is 13.2. The summed E-state index contributed by atoms with van der Waals surface area (Å²) in [6, 6.07) is 6.37. The molecule has 13 heavy (non-hydrogen) atoms. The Balaban J connectivity index is 2.65. The van der Waals surface area contributed by atoms with Gasteiger partial charge in [0.25, 0.3) is 0 Å². The summed E-state index contributed by atoms with van der Waals surface area (Å²) in [7, 11) is 0. The van der Waals surface area contributed by atoms with Gasteiger partial charge in [-0.05, 0) is 25.5 Å². The first kappa shape index (κ1) is 10.2. The molecule has 1 unspecified atom stereocenters. The van der Waals surface area contributed by atoms with Gasteiger partial charge in [0.2, 0.25) is 0 Å². The second kappa shape index (κ2) is 4.94. The maximum Gasteiger partial charge on any atom is 0.127 e. The fourth-order valence-corrected chi connectivity index (χ4v) is 1.27. The van der Waals surface area contributed by atoms with Gasteiger partial charge in [0.15, 0.2) is 0 Å². The standard InChI is InChI=1S/C10H15FN2/c11-9-5-2-1-4-8(9)10(13)6-3-7-12/h1-2,4-5,10H,3,6-7,12-13H2. The molecule has 0 heterocycles. The summed E-state index contributed by atoms with van der Waals surface area (Å²) in [6.07, 6.45) is 1.56. The van der Waals surface area contributed by atoms with Crippen molar-refractivity contribution < 1.29 is 4.39 Å². The Kier molecular flexibility index (Phi) is 3.86. The lowest BCUT2D eigenvalue weighted by Crippen LogP contribution is -2.13.